The molecule has 28 heavy (non-hydrogen) atoms. The number of ketones is 1. The quantitative estimate of drug-likeness (QED) is 0.772. The highest BCUT2D eigenvalue weighted by atomic mass is 16.7. The Hall–Kier alpha value is -2.75. The van der Waals surface area contributed by atoms with Crippen LogP contribution in [0, 0.1) is 13.8 Å². The molecule has 0 saturated heterocycles. The number of aryl methyl sites for hydroxylation is 1. The minimum Gasteiger partial charge on any atom is -0.454 e. The van der Waals surface area contributed by atoms with Crippen molar-refractivity contribution in [2.75, 3.05) is 13.3 Å². The topological polar surface area (TPSA) is 38.8 Å². The van der Waals surface area contributed by atoms with Crippen LogP contribution in [0.1, 0.15) is 59.2 Å². The van der Waals surface area contributed by atoms with Gasteiger partial charge in [-0.1, -0.05) is 19.1 Å². The lowest BCUT2D eigenvalue weighted by Crippen LogP contribution is -2.37. The molecule has 0 spiro atoms. The Labute approximate surface area is 165 Å². The van der Waals surface area contributed by atoms with Gasteiger partial charge in [-0.15, -0.1) is 0 Å². The summed E-state index contributed by atoms with van der Waals surface area (Å²) in [7, 11) is 0. The molecule has 4 nitrogen and oxygen atoms in total. The number of ether oxygens (including phenoxy) is 2. The molecule has 2 aromatic carbocycles. The second-order valence-electron chi connectivity index (χ2n) is 7.96. The molecule has 0 aromatic heterocycles. The van der Waals surface area contributed by atoms with Gasteiger partial charge in [0.2, 0.25) is 6.79 Å². The Morgan fingerprint density at radius 1 is 1.18 bits per heavy atom. The second-order valence-corrected chi connectivity index (χ2v) is 7.96. The second kappa shape index (κ2) is 6.40. The van der Waals surface area contributed by atoms with Crippen molar-refractivity contribution >= 4 is 17.6 Å². The summed E-state index contributed by atoms with van der Waals surface area (Å²) in [6.45, 7) is 7.49. The number of benzene rings is 2. The lowest BCUT2D eigenvalue weighted by atomic mass is 9.82. The van der Waals surface area contributed by atoms with Gasteiger partial charge < -0.3 is 14.4 Å². The Balaban J connectivity index is 1.69. The molecule has 0 fully saturated rings. The van der Waals surface area contributed by atoms with Crippen molar-refractivity contribution in [1.29, 1.82) is 0 Å². The number of carbonyl (C=O) groups excluding carboxylic acids is 1. The molecule has 5 rings (SSSR count). The molecule has 1 unspecified atom stereocenters. The van der Waals surface area contributed by atoms with Crippen LogP contribution in [0.15, 0.2) is 24.3 Å². The molecular weight excluding hydrogens is 350 g/mol. The Bertz CT molecular complexity index is 1020. The average Bonchev–Trinajstić information content (AvgIpc) is 3.16. The third-order valence-corrected chi connectivity index (χ3v) is 6.44. The van der Waals surface area contributed by atoms with Gasteiger partial charge in [-0.05, 0) is 66.3 Å². The van der Waals surface area contributed by atoms with Crippen LogP contribution in [0.5, 0.6) is 11.5 Å². The Morgan fingerprint density at radius 3 is 2.75 bits per heavy atom. The van der Waals surface area contributed by atoms with Gasteiger partial charge in [0.05, 0.1) is 6.04 Å². The molecular formula is C24H25NO3. The number of Topliss-reactive ketones (excluding diaryl/α,β-unsaturated/α-hetero) is 1. The summed E-state index contributed by atoms with van der Waals surface area (Å²) in [6.07, 6.45) is 4.37. The van der Waals surface area contributed by atoms with Crippen LogP contribution in [0.2, 0.25) is 0 Å². The fourth-order valence-corrected chi connectivity index (χ4v) is 4.73. The van der Waals surface area contributed by atoms with Crippen molar-refractivity contribution in [3.05, 3.63) is 57.6 Å². The van der Waals surface area contributed by atoms with E-state index >= 15 is 0 Å². The van der Waals surface area contributed by atoms with Crippen molar-refractivity contribution < 1.29 is 14.3 Å². The van der Waals surface area contributed by atoms with Crippen LogP contribution in [-0.4, -0.2) is 24.0 Å². The number of hydrogen-bond acceptors (Lipinski definition) is 4. The van der Waals surface area contributed by atoms with E-state index < -0.39 is 0 Å². The van der Waals surface area contributed by atoms with Crippen LogP contribution in [-0.2, 0) is 11.2 Å². The number of nitrogens with zero attached hydrogens (tertiary/aromatic N) is 1. The lowest BCUT2D eigenvalue weighted by Gasteiger charge is -2.43. The zero-order valence-electron chi connectivity index (χ0n) is 16.7. The van der Waals surface area contributed by atoms with E-state index in [4.69, 9.17) is 9.47 Å². The van der Waals surface area contributed by atoms with Crippen molar-refractivity contribution in [2.24, 2.45) is 0 Å². The Morgan fingerprint density at radius 2 is 1.96 bits per heavy atom. The first-order valence-electron chi connectivity index (χ1n) is 10.1. The fourth-order valence-electron chi connectivity index (χ4n) is 4.73. The van der Waals surface area contributed by atoms with E-state index in [9.17, 15) is 4.79 Å². The van der Waals surface area contributed by atoms with E-state index in [-0.39, 0.29) is 12.8 Å². The van der Waals surface area contributed by atoms with E-state index in [0.29, 0.717) is 18.6 Å². The van der Waals surface area contributed by atoms with Crippen molar-refractivity contribution in [2.45, 2.75) is 46.1 Å². The number of rotatable bonds is 3. The van der Waals surface area contributed by atoms with Gasteiger partial charge in [-0.3, -0.25) is 4.79 Å². The monoisotopic (exact) mass is 375 g/mol. The van der Waals surface area contributed by atoms with E-state index in [1.807, 2.05) is 6.92 Å². The lowest BCUT2D eigenvalue weighted by molar-refractivity contribution is -0.119. The van der Waals surface area contributed by atoms with Crippen molar-refractivity contribution in [3.63, 3.8) is 0 Å². The number of carbonyl (C=O) groups is 1. The predicted molar refractivity (Wildman–Crippen MR) is 109 cm³/mol. The maximum Gasteiger partial charge on any atom is 0.231 e. The molecule has 3 aliphatic rings. The van der Waals surface area contributed by atoms with Crippen molar-refractivity contribution in [3.8, 4) is 11.5 Å². The number of hydrogen-bond donors (Lipinski definition) is 0. The van der Waals surface area contributed by atoms with Crippen LogP contribution in [0.3, 0.4) is 0 Å². The van der Waals surface area contributed by atoms with Crippen LogP contribution < -0.4 is 9.47 Å². The first-order chi connectivity index (χ1) is 13.6. The van der Waals surface area contributed by atoms with Crippen LogP contribution in [0.25, 0.3) is 11.8 Å². The SMILES string of the molecule is CCC(=O)CC1c2c(ccc(C)c2C)C=C2c3cc4c(cc3CCN21)OCO4. The molecule has 0 bridgehead atoms. The fraction of sp³-hybridized carbons (Fsp3) is 0.375. The van der Waals surface area contributed by atoms with Crippen LogP contribution in [0.4, 0.5) is 0 Å². The standard InChI is InChI=1S/C24H25NO3/c1-4-18(26)11-21-24-15(3)14(2)5-6-17(24)9-20-19-12-23-22(27-13-28-23)10-16(19)7-8-25(20)21/h5-6,9-10,12,21H,4,7-8,11,13H2,1-3H3. The average molecular weight is 375 g/mol. The number of fused-ring (bicyclic) bond motifs is 5. The van der Waals surface area contributed by atoms with Gasteiger partial charge in [-0.25, -0.2) is 0 Å². The van der Waals surface area contributed by atoms with Crippen molar-refractivity contribution in [1.82, 2.24) is 4.90 Å². The largest absolute Gasteiger partial charge is 0.454 e. The van der Waals surface area contributed by atoms with Gasteiger partial charge in [0.25, 0.3) is 0 Å². The Kier molecular flexibility index (Phi) is 3.97. The van der Waals surface area contributed by atoms with Gasteiger partial charge in [0, 0.05) is 30.6 Å². The normalized spacial score (nSPS) is 18.9. The maximum absolute atomic E-state index is 12.5. The first-order valence-corrected chi connectivity index (χ1v) is 10.1. The van der Waals surface area contributed by atoms with Gasteiger partial charge in [0.15, 0.2) is 11.5 Å². The molecule has 0 radical (unpaired) electrons. The summed E-state index contributed by atoms with van der Waals surface area (Å²) < 4.78 is 11.2. The molecule has 1 atom stereocenters. The summed E-state index contributed by atoms with van der Waals surface area (Å²) in [4.78, 5) is 14.9. The predicted octanol–water partition coefficient (Wildman–Crippen LogP) is 4.81. The zero-order valence-corrected chi connectivity index (χ0v) is 16.7. The molecule has 4 heteroatoms. The smallest absolute Gasteiger partial charge is 0.231 e. The third-order valence-electron chi connectivity index (χ3n) is 6.44. The summed E-state index contributed by atoms with van der Waals surface area (Å²) in [5, 5.41) is 0. The minimum atomic E-state index is 0.0981. The highest BCUT2D eigenvalue weighted by Crippen LogP contribution is 2.47. The summed E-state index contributed by atoms with van der Waals surface area (Å²) >= 11 is 0. The summed E-state index contributed by atoms with van der Waals surface area (Å²) in [5.74, 6) is 1.97. The highest BCUT2D eigenvalue weighted by molar-refractivity contribution is 5.88. The summed E-state index contributed by atoms with van der Waals surface area (Å²) in [5.41, 5.74) is 8.82. The maximum atomic E-state index is 12.5. The molecule has 0 saturated carbocycles. The molecule has 0 aliphatic carbocycles. The van der Waals surface area contributed by atoms with E-state index in [0.717, 1.165) is 24.5 Å². The van der Waals surface area contributed by atoms with Crippen LogP contribution >= 0.6 is 0 Å². The highest BCUT2D eigenvalue weighted by Gasteiger charge is 2.35. The molecule has 144 valence electrons. The summed E-state index contributed by atoms with van der Waals surface area (Å²) in [6, 6.07) is 8.72. The molecule has 0 N–H and O–H groups in total. The van der Waals surface area contributed by atoms with E-state index in [1.54, 1.807) is 0 Å². The first kappa shape index (κ1) is 17.4. The zero-order chi connectivity index (χ0) is 19.4. The molecule has 0 amide bonds. The van der Waals surface area contributed by atoms with Gasteiger partial charge in [0.1, 0.15) is 5.78 Å². The third kappa shape index (κ3) is 2.55. The molecule has 2 aromatic rings. The molecule has 3 aliphatic heterocycles. The van der Waals surface area contributed by atoms with Gasteiger partial charge in [-0.2, -0.15) is 0 Å². The van der Waals surface area contributed by atoms with E-state index in [2.05, 4.69) is 49.1 Å². The van der Waals surface area contributed by atoms with E-state index in [1.165, 1.54) is 39.1 Å². The van der Waals surface area contributed by atoms with Gasteiger partial charge >= 0.3 is 0 Å². The molecule has 3 heterocycles. The minimum absolute atomic E-state index is 0.0981.